The highest BCUT2D eigenvalue weighted by Gasteiger charge is 2.11. The topological polar surface area (TPSA) is 22.8 Å². The number of aromatic nitrogens is 3. The molecule has 0 fully saturated rings. The highest BCUT2D eigenvalue weighted by molar-refractivity contribution is 5.95. The van der Waals surface area contributed by atoms with E-state index in [1.165, 1.54) is 22.0 Å². The van der Waals surface area contributed by atoms with Crippen molar-refractivity contribution >= 4 is 10.9 Å². The Balaban J connectivity index is 1.86. The van der Waals surface area contributed by atoms with Crippen molar-refractivity contribution in [2.75, 3.05) is 0 Å². The van der Waals surface area contributed by atoms with Crippen molar-refractivity contribution in [3.63, 3.8) is 0 Å². The summed E-state index contributed by atoms with van der Waals surface area (Å²) in [6.45, 7) is 0.877. The molecule has 4 rings (SSSR count). The molecule has 0 atom stereocenters. The van der Waals surface area contributed by atoms with Gasteiger partial charge in [-0.2, -0.15) is 5.10 Å². The van der Waals surface area contributed by atoms with Crippen molar-refractivity contribution in [2.45, 2.75) is 6.54 Å². The average Bonchev–Trinajstić information content (AvgIpc) is 3.13. The van der Waals surface area contributed by atoms with Gasteiger partial charge in [0.05, 0.1) is 6.20 Å². The largest absolute Gasteiger partial charge is 0.342 e. The standard InChI is InChI=1S/C19H17N3/c1-21-13-16(11-20-21)18-14-22(12-15-7-3-2-4-8-15)19-10-6-5-9-17(18)19/h2-11,13-14H,12H2,1H3. The Hall–Kier alpha value is -2.81. The van der Waals surface area contributed by atoms with Gasteiger partial charge in [0.2, 0.25) is 0 Å². The summed E-state index contributed by atoms with van der Waals surface area (Å²) in [5.74, 6) is 0. The highest BCUT2D eigenvalue weighted by atomic mass is 15.2. The molecule has 0 saturated heterocycles. The maximum atomic E-state index is 4.30. The zero-order valence-corrected chi connectivity index (χ0v) is 12.5. The first-order valence-corrected chi connectivity index (χ1v) is 7.42. The van der Waals surface area contributed by atoms with Gasteiger partial charge in [-0.1, -0.05) is 48.5 Å². The van der Waals surface area contributed by atoms with E-state index >= 15 is 0 Å². The van der Waals surface area contributed by atoms with Crippen molar-refractivity contribution < 1.29 is 0 Å². The molecule has 0 aliphatic carbocycles. The molecule has 0 bridgehead atoms. The van der Waals surface area contributed by atoms with Crippen LogP contribution in [0.3, 0.4) is 0 Å². The van der Waals surface area contributed by atoms with E-state index in [1.54, 1.807) is 0 Å². The second kappa shape index (κ2) is 5.19. The number of nitrogens with zero attached hydrogens (tertiary/aromatic N) is 3. The van der Waals surface area contributed by atoms with Crippen LogP contribution in [-0.4, -0.2) is 14.3 Å². The van der Waals surface area contributed by atoms with Gasteiger partial charge in [0.15, 0.2) is 0 Å². The molecule has 4 aromatic rings. The van der Waals surface area contributed by atoms with Crippen LogP contribution in [0.4, 0.5) is 0 Å². The second-order valence-corrected chi connectivity index (χ2v) is 5.58. The zero-order valence-electron chi connectivity index (χ0n) is 12.5. The molecule has 0 saturated carbocycles. The summed E-state index contributed by atoms with van der Waals surface area (Å²) in [6.07, 6.45) is 6.22. The van der Waals surface area contributed by atoms with Crippen molar-refractivity contribution in [1.82, 2.24) is 14.3 Å². The van der Waals surface area contributed by atoms with E-state index in [-0.39, 0.29) is 0 Å². The Labute approximate surface area is 129 Å². The van der Waals surface area contributed by atoms with Gasteiger partial charge in [0.25, 0.3) is 0 Å². The summed E-state index contributed by atoms with van der Waals surface area (Å²) in [5.41, 5.74) is 4.95. The Kier molecular flexibility index (Phi) is 3.04. The number of rotatable bonds is 3. The lowest BCUT2D eigenvalue weighted by molar-refractivity contribution is 0.768. The molecular formula is C19H17N3. The Bertz CT molecular complexity index is 916. The van der Waals surface area contributed by atoms with Gasteiger partial charge in [0, 0.05) is 48.0 Å². The van der Waals surface area contributed by atoms with Crippen LogP contribution in [0, 0.1) is 0 Å². The van der Waals surface area contributed by atoms with Crippen molar-refractivity contribution in [1.29, 1.82) is 0 Å². The number of hydrogen-bond acceptors (Lipinski definition) is 1. The summed E-state index contributed by atoms with van der Waals surface area (Å²) in [7, 11) is 1.95. The van der Waals surface area contributed by atoms with Gasteiger partial charge in [-0.3, -0.25) is 4.68 Å². The minimum atomic E-state index is 0.877. The van der Waals surface area contributed by atoms with Crippen LogP contribution in [-0.2, 0) is 13.6 Å². The third kappa shape index (κ3) is 2.21. The fourth-order valence-electron chi connectivity index (χ4n) is 2.95. The second-order valence-electron chi connectivity index (χ2n) is 5.58. The minimum Gasteiger partial charge on any atom is -0.342 e. The van der Waals surface area contributed by atoms with E-state index in [4.69, 9.17) is 0 Å². The molecular weight excluding hydrogens is 270 g/mol. The third-order valence-electron chi connectivity index (χ3n) is 4.00. The fourth-order valence-corrected chi connectivity index (χ4v) is 2.95. The van der Waals surface area contributed by atoms with Crippen LogP contribution in [0.5, 0.6) is 0 Å². The first-order valence-electron chi connectivity index (χ1n) is 7.42. The number of para-hydroxylation sites is 1. The van der Waals surface area contributed by atoms with Gasteiger partial charge >= 0.3 is 0 Å². The molecule has 2 aromatic heterocycles. The van der Waals surface area contributed by atoms with E-state index in [0.717, 1.165) is 12.1 Å². The van der Waals surface area contributed by atoms with Crippen LogP contribution in [0.15, 0.2) is 73.2 Å². The van der Waals surface area contributed by atoms with Crippen molar-refractivity contribution in [2.24, 2.45) is 7.05 Å². The average molecular weight is 287 g/mol. The smallest absolute Gasteiger partial charge is 0.0568 e. The molecule has 0 amide bonds. The third-order valence-corrected chi connectivity index (χ3v) is 4.00. The Morgan fingerprint density at radius 2 is 1.68 bits per heavy atom. The van der Waals surface area contributed by atoms with E-state index in [1.807, 2.05) is 17.9 Å². The monoisotopic (exact) mass is 287 g/mol. The molecule has 108 valence electrons. The van der Waals surface area contributed by atoms with Gasteiger partial charge in [-0.25, -0.2) is 0 Å². The van der Waals surface area contributed by atoms with Crippen LogP contribution in [0.25, 0.3) is 22.0 Å². The summed E-state index contributed by atoms with van der Waals surface area (Å²) < 4.78 is 4.16. The maximum Gasteiger partial charge on any atom is 0.0568 e. The SMILES string of the molecule is Cn1cc(-c2cn(Cc3ccccc3)c3ccccc23)cn1. The summed E-state index contributed by atoms with van der Waals surface area (Å²) >= 11 is 0. The van der Waals surface area contributed by atoms with E-state index in [9.17, 15) is 0 Å². The van der Waals surface area contributed by atoms with E-state index < -0.39 is 0 Å². The summed E-state index contributed by atoms with van der Waals surface area (Å²) in [5, 5.41) is 5.57. The lowest BCUT2D eigenvalue weighted by Crippen LogP contribution is -1.97. The Morgan fingerprint density at radius 1 is 0.909 bits per heavy atom. The first-order chi connectivity index (χ1) is 10.8. The lowest BCUT2D eigenvalue weighted by atomic mass is 10.1. The van der Waals surface area contributed by atoms with Gasteiger partial charge < -0.3 is 4.57 Å². The number of benzene rings is 2. The number of aryl methyl sites for hydroxylation is 1. The molecule has 22 heavy (non-hydrogen) atoms. The van der Waals surface area contributed by atoms with Crippen LogP contribution in [0.2, 0.25) is 0 Å². The summed E-state index contributed by atoms with van der Waals surface area (Å²) in [4.78, 5) is 0. The predicted octanol–water partition coefficient (Wildman–Crippen LogP) is 4.09. The molecule has 0 N–H and O–H groups in total. The predicted molar refractivity (Wildman–Crippen MR) is 89.7 cm³/mol. The fraction of sp³-hybridized carbons (Fsp3) is 0.105. The number of hydrogen-bond donors (Lipinski definition) is 0. The van der Waals surface area contributed by atoms with Gasteiger partial charge in [-0.05, 0) is 11.6 Å². The van der Waals surface area contributed by atoms with Gasteiger partial charge in [0.1, 0.15) is 0 Å². The minimum absolute atomic E-state index is 0.877. The van der Waals surface area contributed by atoms with Crippen molar-refractivity contribution in [3.8, 4) is 11.1 Å². The van der Waals surface area contributed by atoms with Crippen LogP contribution < -0.4 is 0 Å². The van der Waals surface area contributed by atoms with Gasteiger partial charge in [-0.15, -0.1) is 0 Å². The molecule has 3 heteroatoms. The highest BCUT2D eigenvalue weighted by Crippen LogP contribution is 2.30. The molecule has 0 unspecified atom stereocenters. The molecule has 0 aliphatic rings. The molecule has 0 spiro atoms. The number of fused-ring (bicyclic) bond motifs is 1. The molecule has 3 nitrogen and oxygen atoms in total. The zero-order chi connectivity index (χ0) is 14.9. The first kappa shape index (κ1) is 12.9. The van der Waals surface area contributed by atoms with E-state index in [0.29, 0.717) is 0 Å². The molecule has 0 aliphatic heterocycles. The van der Waals surface area contributed by atoms with Crippen molar-refractivity contribution in [3.05, 3.63) is 78.8 Å². The van der Waals surface area contributed by atoms with Crippen LogP contribution in [0.1, 0.15) is 5.56 Å². The van der Waals surface area contributed by atoms with Crippen LogP contribution >= 0.6 is 0 Å². The molecule has 2 aromatic carbocycles. The molecule has 2 heterocycles. The maximum absolute atomic E-state index is 4.30. The Morgan fingerprint density at radius 3 is 2.45 bits per heavy atom. The van der Waals surface area contributed by atoms with E-state index in [2.05, 4.69) is 76.7 Å². The normalized spacial score (nSPS) is 11.1. The quantitative estimate of drug-likeness (QED) is 0.556. The lowest BCUT2D eigenvalue weighted by Gasteiger charge is -2.05. The molecule has 0 radical (unpaired) electrons. The summed E-state index contributed by atoms with van der Waals surface area (Å²) in [6, 6.07) is 19.1.